The molecule has 0 heterocycles. The van der Waals surface area contributed by atoms with Crippen molar-refractivity contribution in [3.05, 3.63) is 118 Å². The van der Waals surface area contributed by atoms with Gasteiger partial charge in [-0.1, -0.05) is 84.2 Å². The smallest absolute Gasteiger partial charge is 0.264 e. The first-order valence-electron chi connectivity index (χ1n) is 15.8. The molecule has 0 spiro atoms. The minimum absolute atomic E-state index is 0.0258. The van der Waals surface area contributed by atoms with Crippen molar-refractivity contribution in [1.29, 1.82) is 0 Å². The number of benzene rings is 4. The lowest BCUT2D eigenvalue weighted by Gasteiger charge is -2.34. The minimum Gasteiger partial charge on any atom is -0.497 e. The summed E-state index contributed by atoms with van der Waals surface area (Å²) in [6, 6.07) is 24.1. The number of nitrogens with zero attached hydrogens (tertiary/aromatic N) is 2. The van der Waals surface area contributed by atoms with Gasteiger partial charge < -0.3 is 19.7 Å². The number of methoxy groups -OCH3 is 2. The van der Waals surface area contributed by atoms with Crippen LogP contribution < -0.4 is 19.1 Å². The number of amides is 2. The average molecular weight is 727 g/mol. The number of nitrogens with one attached hydrogen (secondary N) is 1. The number of rotatable bonds is 15. The van der Waals surface area contributed by atoms with Gasteiger partial charge in [0.05, 0.1) is 34.8 Å². The summed E-state index contributed by atoms with van der Waals surface area (Å²) in [5.74, 6) is -0.448. The summed E-state index contributed by atoms with van der Waals surface area (Å²) in [5, 5.41) is 3.63. The van der Waals surface area contributed by atoms with Crippen molar-refractivity contribution < 1.29 is 27.5 Å². The second-order valence-electron chi connectivity index (χ2n) is 11.7. The van der Waals surface area contributed by atoms with Crippen LogP contribution in [-0.4, -0.2) is 58.0 Å². The predicted octanol–water partition coefficient (Wildman–Crippen LogP) is 7.07. The summed E-state index contributed by atoms with van der Waals surface area (Å²) >= 11 is 12.6. The van der Waals surface area contributed by atoms with E-state index in [9.17, 15) is 18.0 Å². The summed E-state index contributed by atoms with van der Waals surface area (Å²) in [6.45, 7) is 4.96. The van der Waals surface area contributed by atoms with E-state index in [-0.39, 0.29) is 46.3 Å². The molecule has 0 aliphatic heterocycles. The molecule has 0 saturated heterocycles. The topological polar surface area (TPSA) is 105 Å². The molecule has 4 aromatic carbocycles. The summed E-state index contributed by atoms with van der Waals surface area (Å²) in [5.41, 5.74) is 2.37. The summed E-state index contributed by atoms with van der Waals surface area (Å²) in [4.78, 5) is 30.2. The van der Waals surface area contributed by atoms with Crippen LogP contribution in [-0.2, 0) is 32.6 Å². The Morgan fingerprint density at radius 3 is 2.16 bits per heavy atom. The molecule has 0 fully saturated rings. The van der Waals surface area contributed by atoms with Crippen LogP contribution >= 0.6 is 23.2 Å². The Kier molecular flexibility index (Phi) is 13.0. The van der Waals surface area contributed by atoms with Crippen molar-refractivity contribution in [2.45, 2.75) is 57.1 Å². The van der Waals surface area contributed by atoms with Gasteiger partial charge in [-0.25, -0.2) is 8.42 Å². The minimum atomic E-state index is -4.36. The van der Waals surface area contributed by atoms with Crippen LogP contribution in [0.2, 0.25) is 10.0 Å². The van der Waals surface area contributed by atoms with Crippen molar-refractivity contribution in [2.75, 3.05) is 25.1 Å². The van der Waals surface area contributed by atoms with Gasteiger partial charge in [0.15, 0.2) is 0 Å². The van der Waals surface area contributed by atoms with Crippen molar-refractivity contribution in [2.24, 2.45) is 0 Å². The van der Waals surface area contributed by atoms with E-state index in [1.165, 1.54) is 37.3 Å². The summed E-state index contributed by atoms with van der Waals surface area (Å²) in [7, 11) is -1.49. The lowest BCUT2D eigenvalue weighted by atomic mass is 10.0. The van der Waals surface area contributed by atoms with Crippen molar-refractivity contribution in [1.82, 2.24) is 10.2 Å². The van der Waals surface area contributed by atoms with Crippen LogP contribution in [0.5, 0.6) is 11.5 Å². The summed E-state index contributed by atoms with van der Waals surface area (Å²) in [6.07, 6.45) is 0.839. The molecule has 1 N–H and O–H groups in total. The molecule has 12 heteroatoms. The van der Waals surface area contributed by atoms with Crippen molar-refractivity contribution >= 4 is 50.7 Å². The molecular weight excluding hydrogens is 685 g/mol. The zero-order valence-electron chi connectivity index (χ0n) is 28.2. The van der Waals surface area contributed by atoms with Crippen LogP contribution in [0, 0.1) is 6.92 Å². The van der Waals surface area contributed by atoms with Crippen LogP contribution in [0.1, 0.15) is 37.0 Å². The first-order chi connectivity index (χ1) is 23.4. The molecule has 9 nitrogen and oxygen atoms in total. The number of anilines is 1. The van der Waals surface area contributed by atoms with E-state index < -0.39 is 28.5 Å². The number of hydrogen-bond acceptors (Lipinski definition) is 6. The Labute approximate surface area is 298 Å². The molecule has 2 atom stereocenters. The van der Waals surface area contributed by atoms with E-state index in [0.717, 1.165) is 15.4 Å². The van der Waals surface area contributed by atoms with Gasteiger partial charge in [-0.05, 0) is 67.8 Å². The van der Waals surface area contributed by atoms with Gasteiger partial charge in [-0.2, -0.15) is 0 Å². The lowest BCUT2D eigenvalue weighted by molar-refractivity contribution is -0.140. The van der Waals surface area contributed by atoms with E-state index in [1.54, 1.807) is 42.5 Å². The van der Waals surface area contributed by atoms with E-state index in [2.05, 4.69) is 5.32 Å². The van der Waals surface area contributed by atoms with Gasteiger partial charge in [0, 0.05) is 25.1 Å². The van der Waals surface area contributed by atoms with Gasteiger partial charge in [-0.3, -0.25) is 13.9 Å². The van der Waals surface area contributed by atoms with Crippen LogP contribution in [0.15, 0.2) is 95.9 Å². The van der Waals surface area contributed by atoms with Crippen LogP contribution in [0.25, 0.3) is 0 Å². The lowest BCUT2D eigenvalue weighted by Crippen LogP contribution is -2.54. The molecule has 0 bridgehead atoms. The van der Waals surface area contributed by atoms with Crippen molar-refractivity contribution in [3.63, 3.8) is 0 Å². The van der Waals surface area contributed by atoms with E-state index in [1.807, 2.05) is 51.1 Å². The molecule has 0 aromatic heterocycles. The number of ether oxygens (including phenoxy) is 2. The third-order valence-corrected chi connectivity index (χ3v) is 10.7. The van der Waals surface area contributed by atoms with E-state index in [4.69, 9.17) is 32.7 Å². The molecule has 0 aliphatic carbocycles. The molecule has 0 saturated carbocycles. The number of sulfonamides is 1. The van der Waals surface area contributed by atoms with Gasteiger partial charge in [0.1, 0.15) is 24.1 Å². The highest BCUT2D eigenvalue weighted by molar-refractivity contribution is 7.92. The number of aryl methyl sites for hydroxylation is 1. The monoisotopic (exact) mass is 725 g/mol. The number of carbonyl (C=O) groups excluding carboxylic acids is 2. The molecule has 0 radical (unpaired) electrons. The molecular formula is C37H41Cl2N3O6S. The Hall–Kier alpha value is -4.25. The molecule has 0 aliphatic rings. The number of carbonyl (C=O) groups is 2. The molecule has 260 valence electrons. The zero-order valence-corrected chi connectivity index (χ0v) is 30.5. The van der Waals surface area contributed by atoms with Gasteiger partial charge in [0.2, 0.25) is 11.8 Å². The van der Waals surface area contributed by atoms with E-state index >= 15 is 0 Å². The van der Waals surface area contributed by atoms with E-state index in [0.29, 0.717) is 22.8 Å². The number of hydrogen-bond donors (Lipinski definition) is 1. The Balaban J connectivity index is 1.88. The quantitative estimate of drug-likeness (QED) is 0.141. The normalized spacial score (nSPS) is 12.5. The second-order valence-corrected chi connectivity index (χ2v) is 14.3. The Morgan fingerprint density at radius 1 is 0.857 bits per heavy atom. The largest absolute Gasteiger partial charge is 0.497 e. The fraction of sp³-hybridized carbons (Fsp3) is 0.297. The van der Waals surface area contributed by atoms with Crippen LogP contribution in [0.4, 0.5) is 5.69 Å². The van der Waals surface area contributed by atoms with Gasteiger partial charge >= 0.3 is 0 Å². The molecule has 2 amide bonds. The highest BCUT2D eigenvalue weighted by atomic mass is 35.5. The highest BCUT2D eigenvalue weighted by Gasteiger charge is 2.36. The average Bonchev–Trinajstić information content (AvgIpc) is 3.10. The summed E-state index contributed by atoms with van der Waals surface area (Å²) < 4.78 is 40.9. The maximum absolute atomic E-state index is 14.8. The highest BCUT2D eigenvalue weighted by Crippen LogP contribution is 2.36. The second kappa shape index (κ2) is 16.9. The predicted molar refractivity (Wildman–Crippen MR) is 194 cm³/mol. The SMILES string of the molecule is CC[C@@H](C)NC(=O)[C@H](Cc1ccccc1)N(Cc1ccc(Cl)c(Cl)c1)C(=O)CN(c1cc(OC)ccc1OC)S(=O)(=O)c1ccc(C)cc1. The van der Waals surface area contributed by atoms with Crippen LogP contribution in [0.3, 0.4) is 0 Å². The van der Waals surface area contributed by atoms with Gasteiger partial charge in [-0.15, -0.1) is 0 Å². The molecule has 4 aromatic rings. The Morgan fingerprint density at radius 2 is 1.55 bits per heavy atom. The maximum Gasteiger partial charge on any atom is 0.264 e. The molecule has 0 unspecified atom stereocenters. The first-order valence-corrected chi connectivity index (χ1v) is 18.0. The van der Waals surface area contributed by atoms with Gasteiger partial charge in [0.25, 0.3) is 10.0 Å². The standard InChI is InChI=1S/C37H41Cl2N3O6S/c1-6-26(3)40-37(44)34(21-27-10-8-7-9-11-27)41(23-28-14-18-31(38)32(39)20-28)36(43)24-42(33-22-29(47-4)15-19-35(33)48-5)49(45,46)30-16-12-25(2)13-17-30/h7-20,22,26,34H,6,21,23-24H2,1-5H3,(H,40,44)/t26-,34+/m1/s1. The zero-order chi connectivity index (χ0) is 35.7. The first kappa shape index (κ1) is 37.6. The fourth-order valence-electron chi connectivity index (χ4n) is 5.17. The Bertz CT molecular complexity index is 1860. The molecule has 4 rings (SSSR count). The fourth-order valence-corrected chi connectivity index (χ4v) is 6.91. The number of halogens is 2. The van der Waals surface area contributed by atoms with Crippen molar-refractivity contribution in [3.8, 4) is 11.5 Å². The third kappa shape index (κ3) is 9.47. The molecule has 49 heavy (non-hydrogen) atoms. The maximum atomic E-state index is 14.8. The third-order valence-electron chi connectivity index (χ3n) is 8.15.